The van der Waals surface area contributed by atoms with E-state index in [-0.39, 0.29) is 11.9 Å². The van der Waals surface area contributed by atoms with E-state index in [4.69, 9.17) is 4.74 Å². The van der Waals surface area contributed by atoms with E-state index in [0.717, 1.165) is 15.7 Å². The highest BCUT2D eigenvalue weighted by Crippen LogP contribution is 2.32. The molecular weight excluding hydrogens is 284 g/mol. The first-order chi connectivity index (χ1) is 8.22. The van der Waals surface area contributed by atoms with Gasteiger partial charge in [0.15, 0.2) is 0 Å². The Kier molecular flexibility index (Phi) is 4.15. The van der Waals surface area contributed by atoms with Crippen molar-refractivity contribution in [1.82, 2.24) is 5.32 Å². The van der Waals surface area contributed by atoms with Crippen molar-refractivity contribution >= 4 is 27.5 Å². The highest BCUT2D eigenvalue weighted by atomic mass is 79.9. The molecule has 1 amide bonds. The van der Waals surface area contributed by atoms with E-state index < -0.39 is 0 Å². The van der Waals surface area contributed by atoms with Gasteiger partial charge >= 0.3 is 0 Å². The van der Waals surface area contributed by atoms with Crippen molar-refractivity contribution in [3.8, 4) is 0 Å². The third-order valence-electron chi connectivity index (χ3n) is 2.65. The zero-order chi connectivity index (χ0) is 12.3. The number of fused-ring (bicyclic) bond motifs is 1. The van der Waals surface area contributed by atoms with Crippen LogP contribution in [0.5, 0.6) is 0 Å². The van der Waals surface area contributed by atoms with Crippen LogP contribution in [-0.2, 0) is 9.53 Å². The quantitative estimate of drug-likeness (QED) is 0.818. The number of nitrogens with one attached hydrogen (secondary N) is 2. The second-order valence-electron chi connectivity index (χ2n) is 3.80. The zero-order valence-corrected chi connectivity index (χ0v) is 11.2. The van der Waals surface area contributed by atoms with Crippen molar-refractivity contribution in [1.29, 1.82) is 0 Å². The fraction of sp³-hybridized carbons (Fsp3) is 0.417. The van der Waals surface area contributed by atoms with Gasteiger partial charge < -0.3 is 10.1 Å². The van der Waals surface area contributed by atoms with E-state index in [1.54, 1.807) is 0 Å². The Labute approximate surface area is 109 Å². The molecule has 2 rings (SSSR count). The number of hydrogen-bond acceptors (Lipinski definition) is 3. The summed E-state index contributed by atoms with van der Waals surface area (Å²) in [6, 6.07) is 5.54. The average Bonchev–Trinajstić information content (AvgIpc) is 2.60. The molecule has 0 bridgehead atoms. The van der Waals surface area contributed by atoms with Crippen molar-refractivity contribution in [2.24, 2.45) is 0 Å². The molecule has 1 unspecified atom stereocenters. The third kappa shape index (κ3) is 2.86. The molecule has 2 N–H and O–H groups in total. The Balaban J connectivity index is 2.02. The maximum atomic E-state index is 11.8. The summed E-state index contributed by atoms with van der Waals surface area (Å²) in [7, 11) is 0. The Hall–Kier alpha value is -0.910. The molecule has 0 spiro atoms. The molecule has 0 fully saturated rings. The highest BCUT2D eigenvalue weighted by Gasteiger charge is 2.29. The summed E-state index contributed by atoms with van der Waals surface area (Å²) >= 11 is 3.39. The second-order valence-corrected chi connectivity index (χ2v) is 4.72. The molecule has 92 valence electrons. The number of amides is 1. The summed E-state index contributed by atoms with van der Waals surface area (Å²) in [5, 5.41) is 6.05. The lowest BCUT2D eigenvalue weighted by molar-refractivity contribution is -0.117. The van der Waals surface area contributed by atoms with Crippen LogP contribution in [0.3, 0.4) is 0 Å². The molecule has 17 heavy (non-hydrogen) atoms. The van der Waals surface area contributed by atoms with Gasteiger partial charge in [0, 0.05) is 28.9 Å². The van der Waals surface area contributed by atoms with Crippen LogP contribution in [0.2, 0.25) is 0 Å². The monoisotopic (exact) mass is 298 g/mol. The second kappa shape index (κ2) is 5.62. The van der Waals surface area contributed by atoms with E-state index in [0.29, 0.717) is 19.8 Å². The molecule has 1 aliphatic rings. The van der Waals surface area contributed by atoms with E-state index in [9.17, 15) is 4.79 Å². The summed E-state index contributed by atoms with van der Waals surface area (Å²) in [6.45, 7) is 3.94. The molecule has 1 aromatic rings. The standard InChI is InChI=1S/C12H15BrN2O2/c1-2-17-6-5-14-11-9-4-3-8(13)7-10(9)15-12(11)16/h3-4,7,11,14H,2,5-6H2,1H3,(H,15,16). The largest absolute Gasteiger partial charge is 0.380 e. The van der Waals surface area contributed by atoms with Gasteiger partial charge in [-0.05, 0) is 19.1 Å². The molecule has 0 aromatic heterocycles. The number of halogens is 1. The van der Waals surface area contributed by atoms with Crippen molar-refractivity contribution in [2.75, 3.05) is 25.1 Å². The van der Waals surface area contributed by atoms with Crippen LogP contribution in [0.15, 0.2) is 22.7 Å². The zero-order valence-electron chi connectivity index (χ0n) is 9.63. The average molecular weight is 299 g/mol. The predicted octanol–water partition coefficient (Wildman–Crippen LogP) is 2.07. The normalized spacial score (nSPS) is 18.0. The smallest absolute Gasteiger partial charge is 0.246 e. The lowest BCUT2D eigenvalue weighted by Crippen LogP contribution is -2.30. The Morgan fingerprint density at radius 3 is 3.12 bits per heavy atom. The summed E-state index contributed by atoms with van der Waals surface area (Å²) in [5.41, 5.74) is 1.87. The van der Waals surface area contributed by atoms with Gasteiger partial charge in [-0.1, -0.05) is 22.0 Å². The van der Waals surface area contributed by atoms with Crippen LogP contribution in [0.4, 0.5) is 5.69 Å². The molecular formula is C12H15BrN2O2. The first-order valence-corrected chi connectivity index (χ1v) is 6.43. The van der Waals surface area contributed by atoms with Crippen LogP contribution < -0.4 is 10.6 Å². The topological polar surface area (TPSA) is 50.4 Å². The lowest BCUT2D eigenvalue weighted by Gasteiger charge is -2.11. The van der Waals surface area contributed by atoms with Crippen LogP contribution >= 0.6 is 15.9 Å². The van der Waals surface area contributed by atoms with Gasteiger partial charge in [-0.2, -0.15) is 0 Å². The Morgan fingerprint density at radius 1 is 1.53 bits per heavy atom. The van der Waals surface area contributed by atoms with Gasteiger partial charge in [-0.15, -0.1) is 0 Å². The molecule has 0 aliphatic carbocycles. The molecule has 0 saturated carbocycles. The number of anilines is 1. The molecule has 5 heteroatoms. The van der Waals surface area contributed by atoms with Gasteiger partial charge in [0.05, 0.1) is 6.61 Å². The van der Waals surface area contributed by atoms with Crippen LogP contribution in [0, 0.1) is 0 Å². The minimum atomic E-state index is -0.265. The number of benzene rings is 1. The molecule has 0 saturated heterocycles. The first-order valence-electron chi connectivity index (χ1n) is 5.64. The maximum absolute atomic E-state index is 11.8. The maximum Gasteiger partial charge on any atom is 0.246 e. The molecule has 1 aromatic carbocycles. The number of ether oxygens (including phenoxy) is 1. The third-order valence-corrected chi connectivity index (χ3v) is 3.14. The van der Waals surface area contributed by atoms with Gasteiger partial charge in [-0.3, -0.25) is 10.1 Å². The van der Waals surface area contributed by atoms with Gasteiger partial charge in [0.2, 0.25) is 5.91 Å². The summed E-state index contributed by atoms with van der Waals surface area (Å²) in [5.74, 6) is -0.00500. The van der Waals surface area contributed by atoms with Crippen molar-refractivity contribution in [2.45, 2.75) is 13.0 Å². The fourth-order valence-corrected chi connectivity index (χ4v) is 2.22. The van der Waals surface area contributed by atoms with Gasteiger partial charge in [0.1, 0.15) is 6.04 Å². The van der Waals surface area contributed by atoms with Crippen LogP contribution in [0.1, 0.15) is 18.5 Å². The van der Waals surface area contributed by atoms with Gasteiger partial charge in [0.25, 0.3) is 0 Å². The molecule has 0 radical (unpaired) electrons. The number of rotatable bonds is 5. The number of carbonyl (C=O) groups is 1. The minimum absolute atomic E-state index is 0.00500. The summed E-state index contributed by atoms with van der Waals surface area (Å²) in [4.78, 5) is 11.8. The predicted molar refractivity (Wildman–Crippen MR) is 70.0 cm³/mol. The van der Waals surface area contributed by atoms with E-state index >= 15 is 0 Å². The summed E-state index contributed by atoms with van der Waals surface area (Å²) < 4.78 is 6.20. The van der Waals surface area contributed by atoms with Crippen molar-refractivity contribution in [3.63, 3.8) is 0 Å². The fourth-order valence-electron chi connectivity index (χ4n) is 1.86. The first kappa shape index (κ1) is 12.5. The molecule has 1 aliphatic heterocycles. The summed E-state index contributed by atoms with van der Waals surface area (Å²) in [6.07, 6.45) is 0. The van der Waals surface area contributed by atoms with Crippen molar-refractivity contribution in [3.05, 3.63) is 28.2 Å². The Bertz CT molecular complexity index is 423. The van der Waals surface area contributed by atoms with E-state index in [1.807, 2.05) is 25.1 Å². The SMILES string of the molecule is CCOCCNC1C(=O)Nc2cc(Br)ccc21. The van der Waals surface area contributed by atoms with E-state index in [2.05, 4.69) is 26.6 Å². The number of carbonyl (C=O) groups excluding carboxylic acids is 1. The van der Waals surface area contributed by atoms with Crippen molar-refractivity contribution < 1.29 is 9.53 Å². The van der Waals surface area contributed by atoms with Crippen LogP contribution in [-0.4, -0.2) is 25.7 Å². The highest BCUT2D eigenvalue weighted by molar-refractivity contribution is 9.10. The number of hydrogen-bond donors (Lipinski definition) is 2. The molecule has 1 heterocycles. The Morgan fingerprint density at radius 2 is 2.35 bits per heavy atom. The molecule has 1 atom stereocenters. The van der Waals surface area contributed by atoms with E-state index in [1.165, 1.54) is 0 Å². The van der Waals surface area contributed by atoms with Crippen LogP contribution in [0.25, 0.3) is 0 Å². The molecule has 4 nitrogen and oxygen atoms in total. The minimum Gasteiger partial charge on any atom is -0.380 e. The van der Waals surface area contributed by atoms with Gasteiger partial charge in [-0.25, -0.2) is 0 Å². The lowest BCUT2D eigenvalue weighted by atomic mass is 10.1.